The molecule has 0 spiro atoms. The predicted octanol–water partition coefficient (Wildman–Crippen LogP) is 7.82. The van der Waals surface area contributed by atoms with Gasteiger partial charge in [-0.2, -0.15) is 28.4 Å². The van der Waals surface area contributed by atoms with E-state index in [1.807, 2.05) is 32.0 Å². The molecule has 0 bridgehead atoms. The zero-order chi connectivity index (χ0) is 33.5. The summed E-state index contributed by atoms with van der Waals surface area (Å²) in [6.45, 7) is 7.23. The molecule has 4 aromatic carbocycles. The van der Waals surface area contributed by atoms with Crippen LogP contribution < -0.4 is 10.6 Å². The van der Waals surface area contributed by atoms with Gasteiger partial charge in [-0.3, -0.25) is 4.55 Å². The van der Waals surface area contributed by atoms with Gasteiger partial charge in [0, 0.05) is 11.1 Å². The quantitative estimate of drug-likeness (QED) is 0.0904. The van der Waals surface area contributed by atoms with Crippen LogP contribution in [0.3, 0.4) is 0 Å². The maximum absolute atomic E-state index is 12.2. The average Bonchev–Trinajstić information content (AvgIpc) is 3.44. The second-order valence-electron chi connectivity index (χ2n) is 10.6. The Kier molecular flexibility index (Phi) is 8.27. The maximum Gasteiger partial charge on any atom is 0.294 e. The van der Waals surface area contributed by atoms with Crippen LogP contribution in [0, 0.1) is 27.7 Å². The van der Waals surface area contributed by atoms with E-state index in [-0.39, 0.29) is 51.0 Å². The number of nitrogens with one attached hydrogen (secondary N) is 2. The van der Waals surface area contributed by atoms with Crippen molar-refractivity contribution in [2.45, 2.75) is 32.6 Å². The number of hydrogen-bond donors (Lipinski definition) is 4. The van der Waals surface area contributed by atoms with Crippen LogP contribution in [0.25, 0.3) is 22.2 Å². The first-order chi connectivity index (χ1) is 22.4. The van der Waals surface area contributed by atoms with Gasteiger partial charge in [0.2, 0.25) is 17.2 Å². The molecule has 0 fully saturated rings. The van der Waals surface area contributed by atoms with Crippen molar-refractivity contribution in [2.75, 3.05) is 10.6 Å². The van der Waals surface area contributed by atoms with E-state index in [1.165, 1.54) is 6.07 Å². The number of nitrogens with zero attached hydrogens (tertiary/aromatic N) is 7. The predicted molar refractivity (Wildman–Crippen MR) is 176 cm³/mol. The van der Waals surface area contributed by atoms with Gasteiger partial charge in [0.25, 0.3) is 16.0 Å². The summed E-state index contributed by atoms with van der Waals surface area (Å²) < 4.78 is 39.7. The Balaban J connectivity index is 1.45. The second-order valence-corrected chi connectivity index (χ2v) is 12.4. The minimum Gasteiger partial charge on any atom is -0.505 e. The molecule has 0 aliphatic heterocycles. The molecule has 16 heteroatoms. The van der Waals surface area contributed by atoms with Crippen molar-refractivity contribution in [3.63, 3.8) is 0 Å². The minimum absolute atomic E-state index is 0.0331. The molecule has 0 aliphatic carbocycles. The van der Waals surface area contributed by atoms with Crippen LogP contribution in [0.5, 0.6) is 5.75 Å². The Morgan fingerprint density at radius 1 is 0.830 bits per heavy atom. The Morgan fingerprint density at radius 2 is 1.55 bits per heavy atom. The average molecular weight is 672 g/mol. The van der Waals surface area contributed by atoms with E-state index in [2.05, 4.69) is 46.0 Å². The number of benzene rings is 4. The number of anilines is 4. The molecule has 6 rings (SSSR count). The summed E-state index contributed by atoms with van der Waals surface area (Å²) in [7, 11) is -4.66. The first-order valence-electron chi connectivity index (χ1n) is 14.0. The first kappa shape index (κ1) is 31.5. The molecule has 2 heterocycles. The van der Waals surface area contributed by atoms with E-state index >= 15 is 0 Å². The maximum atomic E-state index is 12.2. The van der Waals surface area contributed by atoms with Gasteiger partial charge in [0.15, 0.2) is 11.6 Å². The summed E-state index contributed by atoms with van der Waals surface area (Å²) >= 11 is 6.24. The van der Waals surface area contributed by atoms with Gasteiger partial charge in [0.05, 0.1) is 21.8 Å². The van der Waals surface area contributed by atoms with Gasteiger partial charge in [-0.25, -0.2) is 0 Å². The highest BCUT2D eigenvalue weighted by atomic mass is 35.5. The van der Waals surface area contributed by atoms with Gasteiger partial charge < -0.3 is 20.3 Å². The smallest absolute Gasteiger partial charge is 0.294 e. The van der Waals surface area contributed by atoms with Crippen molar-refractivity contribution >= 4 is 67.1 Å². The summed E-state index contributed by atoms with van der Waals surface area (Å²) in [5, 5.41) is 30.4. The van der Waals surface area contributed by atoms with Crippen LogP contribution in [0.1, 0.15) is 22.5 Å². The van der Waals surface area contributed by atoms with E-state index in [1.54, 1.807) is 44.2 Å². The summed E-state index contributed by atoms with van der Waals surface area (Å²) in [5.41, 5.74) is 4.23. The standard InChI is InChI=1S/C31H26ClN9O5S/c1-15-9-10-16(2)23(11-15)34-30-36-29(32)37-31(38-30)35-24-14-20(47(43,44)45)13-19-12-17(3)26(27(42)25(19)24)40-39-22-8-6-5-7-21(22)28-33-18(4)41-46-28/h5-14,42H,1-4H3,(H,43,44,45)(H2,34,35,36,37,38). The molecule has 2 aromatic heterocycles. The number of halogens is 1. The fraction of sp³-hybridized carbons (Fsp3) is 0.129. The summed E-state index contributed by atoms with van der Waals surface area (Å²) in [6, 6.07) is 16.8. The lowest BCUT2D eigenvalue weighted by Crippen LogP contribution is -2.06. The molecular formula is C31H26ClN9O5S. The van der Waals surface area contributed by atoms with Crippen LogP contribution in [0.15, 0.2) is 80.3 Å². The number of hydrogen-bond acceptors (Lipinski definition) is 13. The molecule has 4 N–H and O–H groups in total. The number of aromatic hydroxyl groups is 1. The largest absolute Gasteiger partial charge is 0.505 e. The number of phenols is 1. The van der Waals surface area contributed by atoms with Gasteiger partial charge in [0.1, 0.15) is 5.69 Å². The molecule has 0 unspecified atom stereocenters. The highest BCUT2D eigenvalue weighted by molar-refractivity contribution is 7.85. The highest BCUT2D eigenvalue weighted by Crippen LogP contribution is 2.44. The third kappa shape index (κ3) is 6.72. The van der Waals surface area contributed by atoms with Crippen LogP contribution in [-0.2, 0) is 10.1 Å². The molecule has 0 saturated carbocycles. The molecular weight excluding hydrogens is 646 g/mol. The van der Waals surface area contributed by atoms with Crippen molar-refractivity contribution in [1.29, 1.82) is 0 Å². The monoisotopic (exact) mass is 671 g/mol. The molecule has 0 saturated heterocycles. The number of fused-ring (bicyclic) bond motifs is 1. The number of rotatable bonds is 8. The molecule has 14 nitrogen and oxygen atoms in total. The third-order valence-corrected chi connectivity index (χ3v) is 8.06. The fourth-order valence-electron chi connectivity index (χ4n) is 4.82. The van der Waals surface area contributed by atoms with E-state index < -0.39 is 15.0 Å². The van der Waals surface area contributed by atoms with Crippen LogP contribution >= 0.6 is 11.6 Å². The third-order valence-electron chi connectivity index (χ3n) is 7.06. The van der Waals surface area contributed by atoms with Crippen molar-refractivity contribution in [1.82, 2.24) is 25.1 Å². The Labute approximate surface area is 273 Å². The summed E-state index contributed by atoms with van der Waals surface area (Å²) in [6.07, 6.45) is 0. The minimum atomic E-state index is -4.66. The van der Waals surface area contributed by atoms with E-state index in [0.29, 0.717) is 22.6 Å². The van der Waals surface area contributed by atoms with Gasteiger partial charge in [-0.15, -0.1) is 10.2 Å². The molecule has 6 aromatic rings. The summed E-state index contributed by atoms with van der Waals surface area (Å²) in [4.78, 5) is 16.5. The van der Waals surface area contributed by atoms with E-state index in [0.717, 1.165) is 22.9 Å². The Hall–Kier alpha value is -5.51. The number of aromatic nitrogens is 5. The lowest BCUT2D eigenvalue weighted by molar-refractivity contribution is 0.425. The second kappa shape index (κ2) is 12.4. The summed E-state index contributed by atoms with van der Waals surface area (Å²) in [5.74, 6) is 0.419. The van der Waals surface area contributed by atoms with Gasteiger partial charge in [-0.1, -0.05) is 29.4 Å². The van der Waals surface area contributed by atoms with Gasteiger partial charge in [-0.05, 0) is 97.8 Å². The van der Waals surface area contributed by atoms with Crippen molar-refractivity contribution < 1.29 is 22.6 Å². The van der Waals surface area contributed by atoms with Crippen molar-refractivity contribution in [3.8, 4) is 17.2 Å². The SMILES string of the molecule is Cc1ccc(C)c(Nc2nc(Cl)nc(Nc3cc(S(=O)(=O)O)cc4cc(C)c(N=Nc5ccccc5-c5nc(C)no5)c(O)c34)n2)c1. The molecule has 47 heavy (non-hydrogen) atoms. The normalized spacial score (nSPS) is 11.8. The van der Waals surface area contributed by atoms with Crippen molar-refractivity contribution in [2.24, 2.45) is 10.2 Å². The first-order valence-corrected chi connectivity index (χ1v) is 15.8. The van der Waals surface area contributed by atoms with Crippen LogP contribution in [0.4, 0.5) is 34.6 Å². The lowest BCUT2D eigenvalue weighted by atomic mass is 10.0. The number of phenolic OH excluding ortho intramolecular Hbond substituents is 1. The zero-order valence-corrected chi connectivity index (χ0v) is 26.9. The molecule has 238 valence electrons. The lowest BCUT2D eigenvalue weighted by Gasteiger charge is -2.15. The Morgan fingerprint density at radius 3 is 2.26 bits per heavy atom. The fourth-order valence-corrected chi connectivity index (χ4v) is 5.52. The topological polar surface area (TPSA) is 201 Å². The van der Waals surface area contributed by atoms with Gasteiger partial charge >= 0.3 is 0 Å². The van der Waals surface area contributed by atoms with E-state index in [9.17, 15) is 18.1 Å². The van der Waals surface area contributed by atoms with Crippen LogP contribution in [0.2, 0.25) is 5.28 Å². The molecule has 0 radical (unpaired) electrons. The Bertz CT molecular complexity index is 2330. The highest BCUT2D eigenvalue weighted by Gasteiger charge is 2.21. The van der Waals surface area contributed by atoms with Crippen LogP contribution in [-0.4, -0.2) is 43.2 Å². The molecule has 0 amide bonds. The zero-order valence-electron chi connectivity index (χ0n) is 25.3. The molecule has 0 aliphatic rings. The number of aryl methyl sites for hydroxylation is 4. The molecule has 0 atom stereocenters. The van der Waals surface area contributed by atoms with E-state index in [4.69, 9.17) is 16.1 Å². The number of azo groups is 1. The van der Waals surface area contributed by atoms with Crippen molar-refractivity contribution in [3.05, 3.63) is 88.5 Å².